The maximum Gasteiger partial charge on any atom is 0.259 e. The van der Waals surface area contributed by atoms with Crippen molar-refractivity contribution in [3.63, 3.8) is 0 Å². The van der Waals surface area contributed by atoms with Crippen molar-refractivity contribution >= 4 is 40.7 Å². The second-order valence-electron chi connectivity index (χ2n) is 7.38. The van der Waals surface area contributed by atoms with Crippen molar-refractivity contribution < 1.29 is 19.1 Å². The molecule has 3 amide bonds. The van der Waals surface area contributed by atoms with Crippen molar-refractivity contribution in [2.75, 3.05) is 17.7 Å². The first-order chi connectivity index (χ1) is 15.8. The lowest BCUT2D eigenvalue weighted by Crippen LogP contribution is -2.25. The van der Waals surface area contributed by atoms with E-state index in [0.29, 0.717) is 23.5 Å². The van der Waals surface area contributed by atoms with Gasteiger partial charge < -0.3 is 20.7 Å². The Morgan fingerprint density at radius 2 is 1.58 bits per heavy atom. The van der Waals surface area contributed by atoms with E-state index in [4.69, 9.17) is 16.3 Å². The van der Waals surface area contributed by atoms with Gasteiger partial charge in [0.25, 0.3) is 11.8 Å². The number of carbonyl (C=O) groups excluding carboxylic acids is 3. The summed E-state index contributed by atoms with van der Waals surface area (Å²) in [5.41, 5.74) is 3.25. The van der Waals surface area contributed by atoms with E-state index in [-0.39, 0.29) is 28.1 Å². The van der Waals surface area contributed by atoms with Gasteiger partial charge in [-0.25, -0.2) is 0 Å². The number of rotatable bonds is 7. The summed E-state index contributed by atoms with van der Waals surface area (Å²) in [5, 5.41) is 8.38. The molecule has 3 aromatic carbocycles. The van der Waals surface area contributed by atoms with Gasteiger partial charge in [0.2, 0.25) is 5.91 Å². The van der Waals surface area contributed by atoms with Gasteiger partial charge in [0, 0.05) is 19.5 Å². The van der Waals surface area contributed by atoms with Crippen LogP contribution in [0.3, 0.4) is 0 Å². The smallest absolute Gasteiger partial charge is 0.259 e. The van der Waals surface area contributed by atoms with E-state index in [1.54, 1.807) is 24.3 Å². The van der Waals surface area contributed by atoms with Crippen LogP contribution in [-0.4, -0.2) is 24.8 Å². The summed E-state index contributed by atoms with van der Waals surface area (Å²) >= 11 is 6.23. The Kier molecular flexibility index (Phi) is 7.69. The summed E-state index contributed by atoms with van der Waals surface area (Å²) in [4.78, 5) is 37.2. The SMILES string of the molecule is COc1cc(NC(C)=O)c(Cl)cc1C(=O)Nc1ccccc1C(=O)NCc1ccc(C)cc1. The van der Waals surface area contributed by atoms with Crippen molar-refractivity contribution in [2.45, 2.75) is 20.4 Å². The number of benzene rings is 3. The topological polar surface area (TPSA) is 96.5 Å². The van der Waals surface area contributed by atoms with Crippen LogP contribution >= 0.6 is 11.6 Å². The fraction of sp³-hybridized carbons (Fsp3) is 0.160. The van der Waals surface area contributed by atoms with Crippen LogP contribution in [0.25, 0.3) is 0 Å². The highest BCUT2D eigenvalue weighted by atomic mass is 35.5. The third-order valence-corrected chi connectivity index (χ3v) is 5.15. The Balaban J connectivity index is 1.79. The zero-order chi connectivity index (χ0) is 24.0. The van der Waals surface area contributed by atoms with Crippen molar-refractivity contribution in [2.24, 2.45) is 0 Å². The first kappa shape index (κ1) is 23.8. The summed E-state index contributed by atoms with van der Waals surface area (Å²) in [6.07, 6.45) is 0. The summed E-state index contributed by atoms with van der Waals surface area (Å²) in [5.74, 6) is -0.914. The molecule has 3 N–H and O–H groups in total. The van der Waals surface area contributed by atoms with Crippen LogP contribution in [-0.2, 0) is 11.3 Å². The number of carbonyl (C=O) groups is 3. The summed E-state index contributed by atoms with van der Waals surface area (Å²) in [6, 6.07) is 17.4. The Morgan fingerprint density at radius 1 is 0.879 bits per heavy atom. The van der Waals surface area contributed by atoms with E-state index in [0.717, 1.165) is 11.1 Å². The van der Waals surface area contributed by atoms with E-state index in [1.807, 2.05) is 31.2 Å². The van der Waals surface area contributed by atoms with Crippen molar-refractivity contribution in [1.29, 1.82) is 0 Å². The molecule has 0 saturated carbocycles. The van der Waals surface area contributed by atoms with Gasteiger partial charge in [-0.05, 0) is 30.7 Å². The molecule has 3 rings (SSSR count). The number of hydrogen-bond donors (Lipinski definition) is 3. The number of amides is 3. The molecule has 0 spiro atoms. The van der Waals surface area contributed by atoms with Crippen LogP contribution in [0.15, 0.2) is 60.7 Å². The molecule has 0 fully saturated rings. The highest BCUT2D eigenvalue weighted by molar-refractivity contribution is 6.34. The number of halogens is 1. The summed E-state index contributed by atoms with van der Waals surface area (Å²) in [6.45, 7) is 3.70. The minimum absolute atomic E-state index is 0.159. The second-order valence-corrected chi connectivity index (χ2v) is 7.79. The Labute approximate surface area is 197 Å². The Hall–Kier alpha value is -3.84. The first-order valence-electron chi connectivity index (χ1n) is 10.2. The quantitative estimate of drug-likeness (QED) is 0.467. The van der Waals surface area contributed by atoms with Crippen LogP contribution in [0.2, 0.25) is 5.02 Å². The monoisotopic (exact) mass is 465 g/mol. The van der Waals surface area contributed by atoms with Crippen LogP contribution < -0.4 is 20.7 Å². The Morgan fingerprint density at radius 3 is 2.24 bits per heavy atom. The molecule has 33 heavy (non-hydrogen) atoms. The van der Waals surface area contributed by atoms with Gasteiger partial charge in [-0.1, -0.05) is 53.6 Å². The number of hydrogen-bond acceptors (Lipinski definition) is 4. The molecule has 0 aliphatic carbocycles. The highest BCUT2D eigenvalue weighted by Gasteiger charge is 2.19. The first-order valence-corrected chi connectivity index (χ1v) is 10.6. The standard InChI is InChI=1S/C25H24ClN3O4/c1-15-8-10-17(11-9-15)14-27-24(31)18-6-4-5-7-21(18)29-25(32)19-12-20(26)22(28-16(2)30)13-23(19)33-3/h4-13H,14H2,1-3H3,(H,27,31)(H,28,30)(H,29,32). The van der Waals surface area contributed by atoms with Crippen LogP contribution in [0, 0.1) is 6.92 Å². The molecular weight excluding hydrogens is 442 g/mol. The zero-order valence-electron chi connectivity index (χ0n) is 18.5. The van der Waals surface area contributed by atoms with Gasteiger partial charge in [0.05, 0.1) is 34.6 Å². The number of anilines is 2. The van der Waals surface area contributed by atoms with E-state index < -0.39 is 5.91 Å². The zero-order valence-corrected chi connectivity index (χ0v) is 19.2. The normalized spacial score (nSPS) is 10.3. The van der Waals surface area contributed by atoms with Gasteiger partial charge >= 0.3 is 0 Å². The number of para-hydroxylation sites is 1. The van der Waals surface area contributed by atoms with Crippen molar-refractivity contribution in [3.8, 4) is 5.75 Å². The molecule has 7 nitrogen and oxygen atoms in total. The van der Waals surface area contributed by atoms with E-state index >= 15 is 0 Å². The molecule has 170 valence electrons. The van der Waals surface area contributed by atoms with E-state index in [2.05, 4.69) is 16.0 Å². The highest BCUT2D eigenvalue weighted by Crippen LogP contribution is 2.32. The van der Waals surface area contributed by atoms with Crippen LogP contribution in [0.5, 0.6) is 5.75 Å². The fourth-order valence-corrected chi connectivity index (χ4v) is 3.36. The van der Waals surface area contributed by atoms with Gasteiger partial charge in [0.15, 0.2) is 0 Å². The average molecular weight is 466 g/mol. The summed E-state index contributed by atoms with van der Waals surface area (Å²) in [7, 11) is 1.41. The van der Waals surface area contributed by atoms with Crippen molar-refractivity contribution in [3.05, 3.63) is 87.9 Å². The van der Waals surface area contributed by atoms with E-state index in [9.17, 15) is 14.4 Å². The molecule has 0 unspecified atom stereocenters. The van der Waals surface area contributed by atoms with E-state index in [1.165, 1.54) is 26.2 Å². The largest absolute Gasteiger partial charge is 0.496 e. The number of methoxy groups -OCH3 is 1. The average Bonchev–Trinajstić information content (AvgIpc) is 2.79. The van der Waals surface area contributed by atoms with Gasteiger partial charge in [0.1, 0.15) is 5.75 Å². The molecule has 8 heteroatoms. The lowest BCUT2D eigenvalue weighted by Gasteiger charge is -2.15. The number of nitrogens with one attached hydrogen (secondary N) is 3. The maximum atomic E-state index is 13.0. The van der Waals surface area contributed by atoms with Crippen LogP contribution in [0.4, 0.5) is 11.4 Å². The van der Waals surface area contributed by atoms with Gasteiger partial charge in [-0.3, -0.25) is 14.4 Å². The molecule has 0 heterocycles. The summed E-state index contributed by atoms with van der Waals surface area (Å²) < 4.78 is 5.30. The molecule has 0 aromatic heterocycles. The second kappa shape index (κ2) is 10.7. The predicted octanol–water partition coefficient (Wildman–Crippen LogP) is 4.80. The molecule has 3 aromatic rings. The molecule has 0 saturated heterocycles. The fourth-order valence-electron chi connectivity index (χ4n) is 3.15. The maximum absolute atomic E-state index is 13.0. The number of aryl methyl sites for hydroxylation is 1. The lowest BCUT2D eigenvalue weighted by atomic mass is 10.1. The van der Waals surface area contributed by atoms with Gasteiger partial charge in [-0.15, -0.1) is 0 Å². The minimum Gasteiger partial charge on any atom is -0.496 e. The van der Waals surface area contributed by atoms with Crippen LogP contribution in [0.1, 0.15) is 38.8 Å². The predicted molar refractivity (Wildman–Crippen MR) is 129 cm³/mol. The molecule has 0 aliphatic rings. The molecule has 0 radical (unpaired) electrons. The molecule has 0 atom stereocenters. The molecule has 0 bridgehead atoms. The molecule has 0 aliphatic heterocycles. The molecular formula is C25H24ClN3O4. The third kappa shape index (κ3) is 6.11. The van der Waals surface area contributed by atoms with Gasteiger partial charge in [-0.2, -0.15) is 0 Å². The minimum atomic E-state index is -0.512. The third-order valence-electron chi connectivity index (χ3n) is 4.84. The number of ether oxygens (including phenoxy) is 1. The lowest BCUT2D eigenvalue weighted by molar-refractivity contribution is -0.114. The Bertz CT molecular complexity index is 1190. The van der Waals surface area contributed by atoms with Crippen molar-refractivity contribution in [1.82, 2.24) is 5.32 Å².